The summed E-state index contributed by atoms with van der Waals surface area (Å²) in [6, 6.07) is 13.3. The number of methoxy groups -OCH3 is 1. The van der Waals surface area contributed by atoms with Crippen molar-refractivity contribution in [1.82, 2.24) is 9.80 Å². The first-order valence-electron chi connectivity index (χ1n) is 16.1. The molecule has 0 N–H and O–H groups in total. The van der Waals surface area contributed by atoms with Crippen LogP contribution in [0, 0.1) is 10.1 Å². The van der Waals surface area contributed by atoms with Crippen LogP contribution in [0.3, 0.4) is 0 Å². The Labute approximate surface area is 299 Å². The van der Waals surface area contributed by atoms with Gasteiger partial charge in [0.05, 0.1) is 18.6 Å². The third-order valence-corrected chi connectivity index (χ3v) is 7.36. The Bertz CT molecular complexity index is 1550. The largest absolute Gasteiger partial charge is 0.467 e. The molecule has 1 aliphatic rings. The molecule has 0 bridgehead atoms. The Balaban J connectivity index is 1.81. The lowest BCUT2D eigenvalue weighted by molar-refractivity contribution is -0.387. The van der Waals surface area contributed by atoms with Gasteiger partial charge >= 0.3 is 35.7 Å². The lowest BCUT2D eigenvalue weighted by Crippen LogP contribution is -2.64. The molecule has 3 unspecified atom stereocenters. The number of amides is 1. The van der Waals surface area contributed by atoms with Crippen LogP contribution in [0.15, 0.2) is 48.5 Å². The van der Waals surface area contributed by atoms with Crippen LogP contribution >= 0.6 is 0 Å². The van der Waals surface area contributed by atoms with Crippen LogP contribution in [0.5, 0.6) is 5.75 Å². The molecular weight excluding hydrogens is 690 g/mol. The molecule has 5 atom stereocenters. The lowest BCUT2D eigenvalue weighted by atomic mass is 9.97. The summed E-state index contributed by atoms with van der Waals surface area (Å²) in [5, 5.41) is 12.2. The highest BCUT2D eigenvalue weighted by Crippen LogP contribution is 2.35. The highest BCUT2D eigenvalue weighted by Gasteiger charge is 2.56. The number of benzene rings is 2. The lowest BCUT2D eigenvalue weighted by Gasteiger charge is -2.42. The molecule has 1 heterocycles. The Hall–Kier alpha value is -5.33. The molecule has 0 aromatic heterocycles. The minimum Gasteiger partial charge on any atom is -0.467 e. The number of nitro benzene ring substituents is 1. The number of carbonyl (C=O) groups excluding carboxylic acids is 5. The summed E-state index contributed by atoms with van der Waals surface area (Å²) >= 11 is 0. The molecule has 2 aromatic rings. The van der Waals surface area contributed by atoms with E-state index in [0.717, 1.165) is 39.5 Å². The van der Waals surface area contributed by atoms with E-state index in [-0.39, 0.29) is 25.4 Å². The first-order chi connectivity index (χ1) is 24.7. The van der Waals surface area contributed by atoms with Crippen molar-refractivity contribution in [1.29, 1.82) is 0 Å². The second-order valence-corrected chi connectivity index (χ2v) is 11.7. The van der Waals surface area contributed by atoms with E-state index in [2.05, 4.69) is 0 Å². The molecule has 1 saturated heterocycles. The van der Waals surface area contributed by atoms with Crippen LogP contribution in [0.25, 0.3) is 0 Å². The van der Waals surface area contributed by atoms with Gasteiger partial charge in [0.15, 0.2) is 24.1 Å². The number of nitrogens with zero attached hydrogens (tertiary/aromatic N) is 3. The van der Waals surface area contributed by atoms with Crippen LogP contribution in [0.2, 0.25) is 0 Å². The van der Waals surface area contributed by atoms with Gasteiger partial charge in [-0.2, -0.15) is 0 Å². The minimum atomic E-state index is -1.82. The van der Waals surface area contributed by atoms with Crippen molar-refractivity contribution in [3.8, 4) is 5.75 Å². The van der Waals surface area contributed by atoms with Crippen LogP contribution < -0.4 is 4.74 Å². The van der Waals surface area contributed by atoms with Crippen molar-refractivity contribution in [2.75, 3.05) is 47.6 Å². The minimum absolute atomic E-state index is 0.0451. The van der Waals surface area contributed by atoms with E-state index >= 15 is 0 Å². The SMILES string of the molecule is COC(=O)C1O[C@H](Oc2ccc(COC(=O)N(CCN(C)C)COCCc3ccccc3)cc2[N+](=O)[O-])C(OC(C)=O)[C@@H](OC(C)=O)C1OC(C)=O. The fourth-order valence-corrected chi connectivity index (χ4v) is 4.97. The van der Waals surface area contributed by atoms with E-state index < -0.39 is 77.0 Å². The number of esters is 4. The van der Waals surface area contributed by atoms with Crippen molar-refractivity contribution in [3.05, 3.63) is 69.8 Å². The van der Waals surface area contributed by atoms with Gasteiger partial charge in [0, 0.05) is 39.9 Å². The van der Waals surface area contributed by atoms with Gasteiger partial charge < -0.3 is 42.8 Å². The summed E-state index contributed by atoms with van der Waals surface area (Å²) in [5.41, 5.74) is 0.675. The summed E-state index contributed by atoms with van der Waals surface area (Å²) in [6.45, 7) is 3.82. The fraction of sp³-hybridized carbons (Fsp3) is 0.500. The summed E-state index contributed by atoms with van der Waals surface area (Å²) < 4.78 is 43.3. The summed E-state index contributed by atoms with van der Waals surface area (Å²) in [4.78, 5) is 76.5. The van der Waals surface area contributed by atoms with Crippen molar-refractivity contribution in [3.63, 3.8) is 0 Å². The number of ether oxygens (including phenoxy) is 8. The van der Waals surface area contributed by atoms with Crippen LogP contribution in [0.1, 0.15) is 31.9 Å². The molecule has 0 spiro atoms. The van der Waals surface area contributed by atoms with Gasteiger partial charge in [-0.25, -0.2) is 9.59 Å². The third-order valence-electron chi connectivity index (χ3n) is 7.36. The zero-order chi connectivity index (χ0) is 38.4. The second kappa shape index (κ2) is 19.9. The molecule has 1 aliphatic heterocycles. The second-order valence-electron chi connectivity index (χ2n) is 11.7. The van der Waals surface area contributed by atoms with E-state index in [9.17, 15) is 34.1 Å². The van der Waals surface area contributed by atoms with Crippen molar-refractivity contribution >= 4 is 35.7 Å². The number of hydrogen-bond donors (Lipinski definition) is 0. The highest BCUT2D eigenvalue weighted by atomic mass is 16.7. The van der Waals surface area contributed by atoms with Crippen LogP contribution in [0.4, 0.5) is 10.5 Å². The van der Waals surface area contributed by atoms with Crippen molar-refractivity contribution in [2.24, 2.45) is 0 Å². The summed E-state index contributed by atoms with van der Waals surface area (Å²) in [6.07, 6.45) is -8.67. The van der Waals surface area contributed by atoms with Crippen molar-refractivity contribution < 1.29 is 66.8 Å². The first kappa shape index (κ1) is 41.1. The molecule has 1 fully saturated rings. The third kappa shape index (κ3) is 12.5. The van der Waals surface area contributed by atoms with Crippen molar-refractivity contribution in [2.45, 2.75) is 64.5 Å². The van der Waals surface area contributed by atoms with E-state index in [1.807, 2.05) is 49.3 Å². The predicted molar refractivity (Wildman–Crippen MR) is 177 cm³/mol. The maximum Gasteiger partial charge on any atom is 0.411 e. The average molecular weight is 734 g/mol. The summed E-state index contributed by atoms with van der Waals surface area (Å²) in [7, 11) is 4.71. The smallest absolute Gasteiger partial charge is 0.411 e. The molecule has 0 saturated carbocycles. The summed E-state index contributed by atoms with van der Waals surface area (Å²) in [5.74, 6) is -4.22. The maximum atomic E-state index is 13.1. The number of carbonyl (C=O) groups is 5. The highest BCUT2D eigenvalue weighted by molar-refractivity contribution is 5.77. The Kier molecular flexibility index (Phi) is 15.7. The van der Waals surface area contributed by atoms with Gasteiger partial charge in [0.25, 0.3) is 0 Å². The van der Waals surface area contributed by atoms with Crippen LogP contribution in [-0.4, -0.2) is 123 Å². The first-order valence-corrected chi connectivity index (χ1v) is 16.1. The van der Waals surface area contributed by atoms with E-state index in [1.54, 1.807) is 0 Å². The van der Waals surface area contributed by atoms with Gasteiger partial charge in [0.1, 0.15) is 13.3 Å². The molecule has 52 heavy (non-hydrogen) atoms. The average Bonchev–Trinajstić information content (AvgIpc) is 3.08. The molecule has 0 aliphatic carbocycles. The Morgan fingerprint density at radius 2 is 1.48 bits per heavy atom. The normalized spacial score (nSPS) is 19.6. The Morgan fingerprint density at radius 3 is 2.08 bits per heavy atom. The number of hydrogen-bond acceptors (Lipinski definition) is 16. The zero-order valence-electron chi connectivity index (χ0n) is 29.7. The molecule has 18 nitrogen and oxygen atoms in total. The zero-order valence-corrected chi connectivity index (χ0v) is 29.7. The van der Waals surface area contributed by atoms with Gasteiger partial charge in [-0.1, -0.05) is 36.4 Å². The predicted octanol–water partition coefficient (Wildman–Crippen LogP) is 2.38. The number of nitro groups is 1. The standard InChI is InChI=1S/C34H43N3O15/c1-21(38)48-28-29(49-22(2)39)31(50-23(3)40)33(52-30(28)32(41)45-6)51-27-13-12-25(18-26(27)37(43)44)19-47-34(42)36(16-15-35(4)5)20-46-17-14-24-10-8-7-9-11-24/h7-13,18,28-31,33H,14-17,19-20H2,1-6H3/t28?,29-,30?,31?,33-/m0/s1. The number of likely N-dealkylation sites (N-methyl/N-ethyl adjacent to an activating group) is 1. The van der Waals surface area contributed by atoms with E-state index in [1.165, 1.54) is 17.0 Å². The molecule has 2 aromatic carbocycles. The molecule has 284 valence electrons. The van der Waals surface area contributed by atoms with Gasteiger partial charge in [-0.05, 0) is 37.7 Å². The van der Waals surface area contributed by atoms with E-state index in [0.29, 0.717) is 19.6 Å². The quantitative estimate of drug-likeness (QED) is 0.0571. The number of rotatable bonds is 17. The van der Waals surface area contributed by atoms with Gasteiger partial charge in [-0.15, -0.1) is 0 Å². The topological polar surface area (TPSA) is 209 Å². The monoisotopic (exact) mass is 733 g/mol. The molecule has 18 heteroatoms. The van der Waals surface area contributed by atoms with Gasteiger partial charge in [0.2, 0.25) is 12.4 Å². The molecular formula is C34H43N3O15. The van der Waals surface area contributed by atoms with Gasteiger partial charge in [-0.3, -0.25) is 29.4 Å². The molecule has 1 amide bonds. The Morgan fingerprint density at radius 1 is 0.846 bits per heavy atom. The fourth-order valence-electron chi connectivity index (χ4n) is 4.97. The van der Waals surface area contributed by atoms with E-state index in [4.69, 9.17) is 37.9 Å². The maximum absolute atomic E-state index is 13.1. The molecule has 3 rings (SSSR count). The molecule has 0 radical (unpaired) electrons. The van der Waals surface area contributed by atoms with Crippen LogP contribution in [-0.2, 0) is 65.4 Å².